The van der Waals surface area contributed by atoms with Gasteiger partial charge in [0.1, 0.15) is 5.82 Å². The summed E-state index contributed by atoms with van der Waals surface area (Å²) in [6.45, 7) is 7.38. The van der Waals surface area contributed by atoms with Crippen LogP contribution in [0.2, 0.25) is 0 Å². The number of aryl methyl sites for hydroxylation is 1. The molecule has 1 aromatic carbocycles. The molecule has 0 aliphatic carbocycles. The second-order valence-electron chi connectivity index (χ2n) is 4.57. The molecule has 2 atom stereocenters. The molecule has 0 fully saturated rings. The van der Waals surface area contributed by atoms with Gasteiger partial charge in [0.25, 0.3) is 0 Å². The molecule has 2 rings (SSSR count). The summed E-state index contributed by atoms with van der Waals surface area (Å²) >= 11 is 0. The van der Waals surface area contributed by atoms with Crippen molar-refractivity contribution in [2.45, 2.75) is 32.9 Å². The first kappa shape index (κ1) is 12.8. The summed E-state index contributed by atoms with van der Waals surface area (Å²) in [4.78, 5) is 4.31. The van der Waals surface area contributed by atoms with Crippen molar-refractivity contribution in [2.24, 2.45) is 0 Å². The highest BCUT2D eigenvalue weighted by Crippen LogP contribution is 2.26. The molecule has 2 unspecified atom stereocenters. The Hall–Kier alpha value is -1.61. The quantitative estimate of drug-likeness (QED) is 0.874. The molecule has 1 heterocycles. The van der Waals surface area contributed by atoms with Crippen molar-refractivity contribution in [1.82, 2.24) is 14.9 Å². The van der Waals surface area contributed by atoms with Gasteiger partial charge in [-0.3, -0.25) is 0 Å². The monoisotopic (exact) mass is 243 g/mol. The molecular weight excluding hydrogens is 222 g/mol. The van der Waals surface area contributed by atoms with Gasteiger partial charge < -0.3 is 9.88 Å². The molecule has 0 spiro atoms. The van der Waals surface area contributed by atoms with Crippen molar-refractivity contribution in [3.63, 3.8) is 0 Å². The van der Waals surface area contributed by atoms with Crippen LogP contribution in [0.4, 0.5) is 0 Å². The van der Waals surface area contributed by atoms with Crippen molar-refractivity contribution in [2.75, 3.05) is 6.54 Å². The lowest BCUT2D eigenvalue weighted by molar-refractivity contribution is 0.380. The summed E-state index contributed by atoms with van der Waals surface area (Å²) in [5.41, 5.74) is 1.32. The number of rotatable bonds is 5. The number of hydrogen-bond donors (Lipinski definition) is 1. The van der Waals surface area contributed by atoms with E-state index in [1.165, 1.54) is 5.56 Å². The van der Waals surface area contributed by atoms with Gasteiger partial charge in [0, 0.05) is 12.4 Å². The lowest BCUT2D eigenvalue weighted by Crippen LogP contribution is -2.29. The Bertz CT molecular complexity index is 475. The summed E-state index contributed by atoms with van der Waals surface area (Å²) in [5.74, 6) is 1.06. The van der Waals surface area contributed by atoms with Crippen LogP contribution in [0.5, 0.6) is 0 Å². The van der Waals surface area contributed by atoms with Gasteiger partial charge in [-0.1, -0.05) is 37.3 Å². The third-order valence-electron chi connectivity index (χ3n) is 3.37. The average Bonchev–Trinajstić information content (AvgIpc) is 2.82. The highest BCUT2D eigenvalue weighted by atomic mass is 15.1. The zero-order valence-electron chi connectivity index (χ0n) is 11.3. The van der Waals surface area contributed by atoms with Crippen LogP contribution < -0.4 is 5.32 Å². The summed E-state index contributed by atoms with van der Waals surface area (Å²) in [7, 11) is 0. The number of aromatic nitrogens is 2. The largest absolute Gasteiger partial charge is 0.330 e. The van der Waals surface area contributed by atoms with E-state index in [-0.39, 0.29) is 0 Å². The number of likely N-dealkylation sites (N-methyl/N-ethyl adjacent to an activating group) is 1. The van der Waals surface area contributed by atoms with Crippen molar-refractivity contribution < 1.29 is 0 Å². The fraction of sp³-hybridized carbons (Fsp3) is 0.400. The zero-order valence-corrected chi connectivity index (χ0v) is 11.3. The zero-order chi connectivity index (χ0) is 13.0. The molecule has 2 aromatic rings. The van der Waals surface area contributed by atoms with Crippen molar-refractivity contribution in [3.05, 3.63) is 54.1 Å². The van der Waals surface area contributed by atoms with E-state index in [1.54, 1.807) is 0 Å². The Morgan fingerprint density at radius 2 is 2.00 bits per heavy atom. The van der Waals surface area contributed by atoms with Gasteiger partial charge in [-0.15, -0.1) is 0 Å². The Balaban J connectivity index is 2.28. The van der Waals surface area contributed by atoms with E-state index in [1.807, 2.05) is 19.3 Å². The second kappa shape index (κ2) is 5.83. The van der Waals surface area contributed by atoms with Crippen LogP contribution >= 0.6 is 0 Å². The Labute approximate surface area is 109 Å². The number of imidazole rings is 1. The van der Waals surface area contributed by atoms with E-state index in [0.717, 1.165) is 12.4 Å². The first-order valence-electron chi connectivity index (χ1n) is 6.51. The lowest BCUT2D eigenvalue weighted by atomic mass is 10.00. The third kappa shape index (κ3) is 2.62. The molecule has 3 nitrogen and oxygen atoms in total. The first-order chi connectivity index (χ1) is 8.74. The number of nitrogens with one attached hydrogen (secondary N) is 1. The topological polar surface area (TPSA) is 29.9 Å². The summed E-state index contributed by atoms with van der Waals surface area (Å²) in [5, 5.41) is 3.57. The molecular formula is C15H21N3. The predicted octanol–water partition coefficient (Wildman–Crippen LogP) is 3.10. The van der Waals surface area contributed by atoms with Crippen LogP contribution in [0.1, 0.15) is 37.3 Å². The summed E-state index contributed by atoms with van der Waals surface area (Å²) in [6, 6.07) is 11.2. The van der Waals surface area contributed by atoms with E-state index < -0.39 is 0 Å². The molecule has 0 amide bonds. The van der Waals surface area contributed by atoms with Crippen LogP contribution in [0.15, 0.2) is 42.7 Å². The molecule has 18 heavy (non-hydrogen) atoms. The third-order valence-corrected chi connectivity index (χ3v) is 3.37. The minimum atomic E-state index is 0.309. The number of nitrogens with zero attached hydrogens (tertiary/aromatic N) is 2. The highest BCUT2D eigenvalue weighted by Gasteiger charge is 2.20. The van der Waals surface area contributed by atoms with Gasteiger partial charge >= 0.3 is 0 Å². The van der Waals surface area contributed by atoms with Gasteiger partial charge in [0.2, 0.25) is 0 Å². The van der Waals surface area contributed by atoms with Crippen LogP contribution in [0.3, 0.4) is 0 Å². The fourth-order valence-corrected chi connectivity index (χ4v) is 2.43. The van der Waals surface area contributed by atoms with E-state index in [4.69, 9.17) is 0 Å². The molecule has 96 valence electrons. The van der Waals surface area contributed by atoms with E-state index in [2.05, 4.69) is 59.0 Å². The SMILES string of the molecule is CCNC(c1ccccc1)C(C)n1ccnc1C. The van der Waals surface area contributed by atoms with Crippen molar-refractivity contribution in [1.29, 1.82) is 0 Å². The van der Waals surface area contributed by atoms with Crippen molar-refractivity contribution in [3.8, 4) is 0 Å². The first-order valence-corrected chi connectivity index (χ1v) is 6.51. The molecule has 0 aliphatic rings. The van der Waals surface area contributed by atoms with Gasteiger partial charge in [0.05, 0.1) is 12.1 Å². The maximum Gasteiger partial charge on any atom is 0.105 e. The standard InChI is InChI=1S/C15H21N3/c1-4-16-15(14-8-6-5-7-9-14)12(2)18-11-10-17-13(18)3/h5-12,15-16H,4H2,1-3H3. The lowest BCUT2D eigenvalue weighted by Gasteiger charge is -2.27. The van der Waals surface area contributed by atoms with Gasteiger partial charge in [-0.25, -0.2) is 4.98 Å². The molecule has 0 radical (unpaired) electrons. The van der Waals surface area contributed by atoms with Crippen molar-refractivity contribution >= 4 is 0 Å². The molecule has 0 saturated carbocycles. The van der Waals surface area contributed by atoms with Crippen LogP contribution in [-0.2, 0) is 0 Å². The molecule has 3 heteroatoms. The normalized spacial score (nSPS) is 14.4. The van der Waals surface area contributed by atoms with Gasteiger partial charge in [-0.2, -0.15) is 0 Å². The predicted molar refractivity (Wildman–Crippen MR) is 74.5 cm³/mol. The van der Waals surface area contributed by atoms with Crippen LogP contribution in [0.25, 0.3) is 0 Å². The Morgan fingerprint density at radius 3 is 2.56 bits per heavy atom. The average molecular weight is 243 g/mol. The van der Waals surface area contributed by atoms with E-state index >= 15 is 0 Å². The van der Waals surface area contributed by atoms with Crippen LogP contribution in [-0.4, -0.2) is 16.1 Å². The maximum absolute atomic E-state index is 4.31. The summed E-state index contributed by atoms with van der Waals surface area (Å²) in [6.07, 6.45) is 3.91. The molecule has 1 aromatic heterocycles. The highest BCUT2D eigenvalue weighted by molar-refractivity contribution is 5.20. The maximum atomic E-state index is 4.31. The van der Waals surface area contributed by atoms with Gasteiger partial charge in [0.15, 0.2) is 0 Å². The smallest absolute Gasteiger partial charge is 0.105 e. The van der Waals surface area contributed by atoms with Gasteiger partial charge in [-0.05, 0) is 26.0 Å². The summed E-state index contributed by atoms with van der Waals surface area (Å²) < 4.78 is 2.22. The molecule has 0 bridgehead atoms. The van der Waals surface area contributed by atoms with E-state index in [0.29, 0.717) is 12.1 Å². The molecule has 0 saturated heterocycles. The molecule has 0 aliphatic heterocycles. The number of benzene rings is 1. The minimum Gasteiger partial charge on any atom is -0.330 e. The Kier molecular flexibility index (Phi) is 4.15. The second-order valence-corrected chi connectivity index (χ2v) is 4.57. The van der Waals surface area contributed by atoms with Crippen LogP contribution in [0, 0.1) is 6.92 Å². The molecule has 1 N–H and O–H groups in total. The van der Waals surface area contributed by atoms with E-state index in [9.17, 15) is 0 Å². The fourth-order valence-electron chi connectivity index (χ4n) is 2.43. The minimum absolute atomic E-state index is 0.309. The number of hydrogen-bond acceptors (Lipinski definition) is 2. The Morgan fingerprint density at radius 1 is 1.28 bits per heavy atom.